The lowest BCUT2D eigenvalue weighted by Crippen LogP contribution is -2.36. The van der Waals surface area contributed by atoms with Gasteiger partial charge in [0, 0.05) is 19.7 Å². The molecule has 2 aromatic rings. The number of hydrazone groups is 1. The molecule has 2 N–H and O–H groups in total. The number of halogens is 4. The summed E-state index contributed by atoms with van der Waals surface area (Å²) in [5.74, 6) is -1.39. The first kappa shape index (κ1) is 31.0. The van der Waals surface area contributed by atoms with Crippen molar-refractivity contribution in [3.8, 4) is 23.3 Å². The fourth-order valence-corrected chi connectivity index (χ4v) is 5.25. The van der Waals surface area contributed by atoms with Crippen LogP contribution >= 0.6 is 23.2 Å². The number of imide groups is 1. The summed E-state index contributed by atoms with van der Waals surface area (Å²) in [5, 5.41) is 15.0. The number of nitrogens with one attached hydrogen (secondary N) is 2. The van der Waals surface area contributed by atoms with Gasteiger partial charge >= 0.3 is 0 Å². The van der Waals surface area contributed by atoms with E-state index in [1.807, 2.05) is 0 Å². The third-order valence-corrected chi connectivity index (χ3v) is 7.92. The zero-order valence-corrected chi connectivity index (χ0v) is 23.4. The lowest BCUT2D eigenvalue weighted by molar-refractivity contribution is -0.120. The lowest BCUT2D eigenvalue weighted by Gasteiger charge is -2.18. The van der Waals surface area contributed by atoms with E-state index in [0.29, 0.717) is 6.42 Å². The zero-order valence-electron chi connectivity index (χ0n) is 21.1. The van der Waals surface area contributed by atoms with E-state index in [2.05, 4.69) is 15.9 Å². The van der Waals surface area contributed by atoms with Crippen LogP contribution in [0.5, 0.6) is 17.2 Å². The molecule has 2 amide bonds. The van der Waals surface area contributed by atoms with Gasteiger partial charge in [-0.2, -0.15) is 10.4 Å². The fourth-order valence-electron chi connectivity index (χ4n) is 3.49. The Balaban J connectivity index is 1.85. The molecule has 0 bridgehead atoms. The van der Waals surface area contributed by atoms with E-state index in [9.17, 15) is 32.0 Å². The summed E-state index contributed by atoms with van der Waals surface area (Å²) in [5.41, 5.74) is -1.62. The number of nitriles is 1. The Kier molecular flexibility index (Phi) is 9.91. The average Bonchev–Trinajstić information content (AvgIpc) is 3.69. The molecule has 0 unspecified atom stereocenters. The summed E-state index contributed by atoms with van der Waals surface area (Å²) in [4.78, 5) is 21.9. The highest BCUT2D eigenvalue weighted by atomic mass is 35.5. The van der Waals surface area contributed by atoms with Crippen molar-refractivity contribution < 1.29 is 36.3 Å². The number of amides is 2. The maximum atomic E-state index is 13.2. The number of sulfonamides is 1. The van der Waals surface area contributed by atoms with Gasteiger partial charge in [-0.15, -0.1) is 0 Å². The van der Waals surface area contributed by atoms with E-state index < -0.39 is 33.5 Å². The van der Waals surface area contributed by atoms with Crippen LogP contribution in [0.3, 0.4) is 0 Å². The molecule has 1 aliphatic carbocycles. The van der Waals surface area contributed by atoms with Crippen molar-refractivity contribution in [1.29, 1.82) is 5.26 Å². The van der Waals surface area contributed by atoms with Gasteiger partial charge in [-0.05, 0) is 43.5 Å². The Labute approximate surface area is 238 Å². The first-order valence-electron chi connectivity index (χ1n) is 11.5. The van der Waals surface area contributed by atoms with Crippen molar-refractivity contribution in [3.63, 3.8) is 0 Å². The number of ether oxygens (including phenoxy) is 2. The van der Waals surface area contributed by atoms with E-state index in [1.54, 1.807) is 5.32 Å². The molecule has 2 aromatic carbocycles. The van der Waals surface area contributed by atoms with Crippen LogP contribution in [-0.2, 0) is 19.6 Å². The number of anilines is 1. The number of benzene rings is 2. The normalized spacial score (nSPS) is 14.3. The second-order valence-electron chi connectivity index (χ2n) is 8.59. The smallest absolute Gasteiger partial charge is 0.287 e. The summed E-state index contributed by atoms with van der Waals surface area (Å²) in [6, 6.07) is 8.73. The van der Waals surface area contributed by atoms with Crippen LogP contribution < -0.4 is 24.5 Å². The first-order chi connectivity index (χ1) is 18.9. The molecule has 40 heavy (non-hydrogen) atoms. The summed E-state index contributed by atoms with van der Waals surface area (Å²) in [7, 11) is -1.51. The van der Waals surface area contributed by atoms with Gasteiger partial charge in [0.15, 0.2) is 11.5 Å². The van der Waals surface area contributed by atoms with Gasteiger partial charge in [-0.1, -0.05) is 23.2 Å². The molecule has 0 heterocycles. The Hall–Kier alpha value is -3.51. The minimum atomic E-state index is -4.06. The predicted molar refractivity (Wildman–Crippen MR) is 143 cm³/mol. The monoisotopic (exact) mass is 617 g/mol. The lowest BCUT2D eigenvalue weighted by atomic mass is 10.1. The van der Waals surface area contributed by atoms with Gasteiger partial charge in [0.1, 0.15) is 16.4 Å². The van der Waals surface area contributed by atoms with Gasteiger partial charge < -0.3 is 9.47 Å². The second kappa shape index (κ2) is 12.8. The number of hydrogen-bond donors (Lipinski definition) is 2. The van der Waals surface area contributed by atoms with E-state index in [-0.39, 0.29) is 50.8 Å². The molecular formula is C24H23Cl2F2N5O6S. The molecule has 16 heteroatoms. The maximum absolute atomic E-state index is 13.2. The van der Waals surface area contributed by atoms with E-state index in [1.165, 1.54) is 44.5 Å². The largest absolute Gasteiger partial charge is 0.495 e. The van der Waals surface area contributed by atoms with Crippen LogP contribution in [0.25, 0.3) is 0 Å². The molecular weight excluding hydrogens is 595 g/mol. The number of carbonyl (C=O) groups excluding carboxylic acids is 2. The van der Waals surface area contributed by atoms with Gasteiger partial charge in [0.2, 0.25) is 16.4 Å². The van der Waals surface area contributed by atoms with Crippen LogP contribution in [0.15, 0.2) is 40.3 Å². The number of rotatable bonds is 13. The Bertz CT molecular complexity index is 1460. The fraction of sp³-hybridized carbons (Fsp3) is 0.333. The number of alkyl halides is 2. The van der Waals surface area contributed by atoms with Crippen LogP contribution in [0.2, 0.25) is 10.0 Å². The summed E-state index contributed by atoms with van der Waals surface area (Å²) >= 11 is 12.6. The summed E-state index contributed by atoms with van der Waals surface area (Å²) < 4.78 is 65.9. The third-order valence-electron chi connectivity index (χ3n) is 5.87. The molecule has 11 nitrogen and oxygen atoms in total. The summed E-state index contributed by atoms with van der Waals surface area (Å²) in [6.45, 7) is 0.0589. The van der Waals surface area contributed by atoms with Crippen molar-refractivity contribution in [2.45, 2.75) is 30.6 Å². The molecule has 3 rings (SSSR count). The Morgan fingerprint density at radius 2 is 1.93 bits per heavy atom. The van der Waals surface area contributed by atoms with Gasteiger partial charge in [-0.25, -0.2) is 21.9 Å². The van der Waals surface area contributed by atoms with E-state index in [0.717, 1.165) is 17.9 Å². The highest BCUT2D eigenvalue weighted by Crippen LogP contribution is 2.47. The topological polar surface area (TPSA) is 150 Å². The van der Waals surface area contributed by atoms with Gasteiger partial charge in [0.25, 0.3) is 12.3 Å². The van der Waals surface area contributed by atoms with Crippen LogP contribution in [-0.4, -0.2) is 53.6 Å². The number of carbonyl (C=O) groups is 2. The first-order valence-corrected chi connectivity index (χ1v) is 13.7. The third kappa shape index (κ3) is 7.36. The van der Waals surface area contributed by atoms with E-state index in [4.69, 9.17) is 32.7 Å². The highest BCUT2D eigenvalue weighted by molar-refractivity contribution is 7.89. The van der Waals surface area contributed by atoms with Gasteiger partial charge in [-0.3, -0.25) is 19.9 Å². The van der Waals surface area contributed by atoms with E-state index >= 15 is 0 Å². The standard InChI is InChI=1S/C24H23Cl2F2N5O6S/c1-33(32-20(22(27)28)23(35)30-13-34)14-9-16(25)21(17(26)10-14)39-15-3-4-18(38-2)19(11-15)40(36,37)31-8-7-24(12-29)5-6-24/h3-4,9-11,13,22,31H,5-8H2,1-2H3,(H,30,34,35)/b32-20-. The molecule has 1 aliphatic rings. The second-order valence-corrected chi connectivity index (χ2v) is 11.1. The van der Waals surface area contributed by atoms with Crippen molar-refractivity contribution in [2.24, 2.45) is 10.5 Å². The molecule has 1 saturated carbocycles. The number of nitrogens with zero attached hydrogens (tertiary/aromatic N) is 3. The van der Waals surface area contributed by atoms with Crippen LogP contribution in [0.4, 0.5) is 14.5 Å². The van der Waals surface area contributed by atoms with Crippen molar-refractivity contribution >= 4 is 56.9 Å². The number of methoxy groups -OCH3 is 1. The van der Waals surface area contributed by atoms with Crippen molar-refractivity contribution in [1.82, 2.24) is 10.0 Å². The van der Waals surface area contributed by atoms with Crippen molar-refractivity contribution in [2.75, 3.05) is 25.7 Å². The molecule has 214 valence electrons. The molecule has 0 aliphatic heterocycles. The molecule has 0 aromatic heterocycles. The predicted octanol–water partition coefficient (Wildman–Crippen LogP) is 4.10. The Morgan fingerprint density at radius 1 is 1.27 bits per heavy atom. The quantitative estimate of drug-likeness (QED) is 0.194. The molecule has 0 radical (unpaired) electrons. The SMILES string of the molecule is COc1ccc(Oc2c(Cl)cc(N(C)/N=C(\C(=O)NC=O)C(F)F)cc2Cl)cc1S(=O)(=O)NCCC1(C#N)CC1. The van der Waals surface area contributed by atoms with Crippen molar-refractivity contribution in [3.05, 3.63) is 40.4 Å². The Morgan fingerprint density at radius 3 is 2.45 bits per heavy atom. The maximum Gasteiger partial charge on any atom is 0.287 e. The number of hydrogen-bond acceptors (Lipinski definition) is 9. The molecule has 0 atom stereocenters. The molecule has 0 spiro atoms. The van der Waals surface area contributed by atoms with Gasteiger partial charge in [0.05, 0.1) is 34.3 Å². The minimum Gasteiger partial charge on any atom is -0.495 e. The summed E-state index contributed by atoms with van der Waals surface area (Å²) in [6.07, 6.45) is -1.51. The molecule has 0 saturated heterocycles. The van der Waals surface area contributed by atoms with Crippen LogP contribution in [0, 0.1) is 16.7 Å². The average molecular weight is 618 g/mol. The molecule has 1 fully saturated rings. The zero-order chi connectivity index (χ0) is 29.7. The minimum absolute atomic E-state index is 0.0327. The highest BCUT2D eigenvalue weighted by Gasteiger charge is 2.42. The van der Waals surface area contributed by atoms with Crippen LogP contribution in [0.1, 0.15) is 19.3 Å².